The van der Waals surface area contributed by atoms with Crippen LogP contribution in [-0.2, 0) is 6.54 Å². The van der Waals surface area contributed by atoms with Crippen molar-refractivity contribution in [2.24, 2.45) is 0 Å². The van der Waals surface area contributed by atoms with Crippen molar-refractivity contribution < 1.29 is 4.79 Å². The Morgan fingerprint density at radius 2 is 2.36 bits per heavy atom. The number of hydrogen-bond acceptors (Lipinski definition) is 1. The zero-order chi connectivity index (χ0) is 10.4. The molecule has 1 aromatic heterocycles. The molecule has 0 spiro atoms. The van der Waals surface area contributed by atoms with Crippen LogP contribution in [0.25, 0.3) is 0 Å². The minimum Gasteiger partial charge on any atom is -0.342 e. The molecule has 0 saturated heterocycles. The Labute approximate surface area is 84.9 Å². The summed E-state index contributed by atoms with van der Waals surface area (Å²) in [5.74, 6) is 5.99. The highest BCUT2D eigenvalue weighted by Gasteiger charge is 2.05. The first kappa shape index (κ1) is 10.6. The molecule has 1 rings (SSSR count). The molecule has 0 unspecified atom stereocenters. The summed E-state index contributed by atoms with van der Waals surface area (Å²) in [4.78, 5) is 11.5. The van der Waals surface area contributed by atoms with E-state index in [9.17, 15) is 4.79 Å². The van der Waals surface area contributed by atoms with Crippen LogP contribution in [-0.4, -0.2) is 10.4 Å². The lowest BCUT2D eigenvalue weighted by Gasteiger charge is -1.94. The van der Waals surface area contributed by atoms with Crippen LogP contribution < -0.4 is 0 Å². The number of aromatic nitrogens is 1. The predicted octanol–water partition coefficient (Wildman–Crippen LogP) is 2.49. The van der Waals surface area contributed by atoms with Crippen LogP contribution in [0.4, 0.5) is 0 Å². The minimum absolute atomic E-state index is 0.218. The average Bonchev–Trinajstić information content (AvgIpc) is 2.63. The van der Waals surface area contributed by atoms with Crippen molar-refractivity contribution >= 4 is 5.78 Å². The first-order valence-corrected chi connectivity index (χ1v) is 4.86. The van der Waals surface area contributed by atoms with Gasteiger partial charge in [0.05, 0.1) is 6.54 Å². The molecule has 0 aliphatic heterocycles. The minimum atomic E-state index is 0.218. The first-order chi connectivity index (χ1) is 6.77. The molecule has 2 nitrogen and oxygen atoms in total. The second kappa shape index (κ2) is 5.29. The van der Waals surface area contributed by atoms with Crippen molar-refractivity contribution in [3.63, 3.8) is 0 Å². The van der Waals surface area contributed by atoms with Gasteiger partial charge in [-0.2, -0.15) is 0 Å². The van der Waals surface area contributed by atoms with Gasteiger partial charge in [0.25, 0.3) is 0 Å². The quantitative estimate of drug-likeness (QED) is 0.527. The van der Waals surface area contributed by atoms with Gasteiger partial charge in [0.15, 0.2) is 5.78 Å². The second-order valence-electron chi connectivity index (χ2n) is 3.17. The number of nitrogens with zero attached hydrogens (tertiary/aromatic N) is 1. The number of ketones is 1. The van der Waals surface area contributed by atoms with E-state index in [-0.39, 0.29) is 5.78 Å². The molecule has 14 heavy (non-hydrogen) atoms. The van der Waals surface area contributed by atoms with Crippen molar-refractivity contribution in [3.8, 4) is 11.8 Å². The van der Waals surface area contributed by atoms with Crippen molar-refractivity contribution in [3.05, 3.63) is 24.0 Å². The molecular formula is C12H15NO. The van der Waals surface area contributed by atoms with Gasteiger partial charge in [0.2, 0.25) is 0 Å². The topological polar surface area (TPSA) is 22.0 Å². The third-order valence-corrected chi connectivity index (χ3v) is 1.99. The molecule has 0 N–H and O–H groups in total. The van der Waals surface area contributed by atoms with E-state index in [4.69, 9.17) is 0 Å². The Hall–Kier alpha value is -1.49. The van der Waals surface area contributed by atoms with E-state index in [2.05, 4.69) is 11.8 Å². The molecule has 0 radical (unpaired) electrons. The maximum absolute atomic E-state index is 11.5. The van der Waals surface area contributed by atoms with Crippen LogP contribution in [0.5, 0.6) is 0 Å². The molecule has 74 valence electrons. The monoisotopic (exact) mass is 189 g/mol. The molecule has 1 aromatic rings. The van der Waals surface area contributed by atoms with Gasteiger partial charge in [0.1, 0.15) is 0 Å². The van der Waals surface area contributed by atoms with Crippen LogP contribution in [0.2, 0.25) is 0 Å². The van der Waals surface area contributed by atoms with Crippen LogP contribution in [0.15, 0.2) is 18.5 Å². The second-order valence-corrected chi connectivity index (χ2v) is 3.17. The third kappa shape index (κ3) is 2.77. The smallest absolute Gasteiger partial charge is 0.164 e. The molecule has 0 aromatic carbocycles. The van der Waals surface area contributed by atoms with Crippen molar-refractivity contribution in [1.29, 1.82) is 0 Å². The summed E-state index contributed by atoms with van der Waals surface area (Å²) in [6, 6.07) is 1.86. The fourth-order valence-electron chi connectivity index (χ4n) is 1.25. The summed E-state index contributed by atoms with van der Waals surface area (Å²) >= 11 is 0. The van der Waals surface area contributed by atoms with E-state index in [1.54, 1.807) is 0 Å². The maximum Gasteiger partial charge on any atom is 0.164 e. The van der Waals surface area contributed by atoms with Gasteiger partial charge in [0, 0.05) is 24.4 Å². The van der Waals surface area contributed by atoms with Crippen molar-refractivity contribution in [1.82, 2.24) is 4.57 Å². The fourth-order valence-corrected chi connectivity index (χ4v) is 1.25. The highest BCUT2D eigenvalue weighted by molar-refractivity contribution is 5.95. The van der Waals surface area contributed by atoms with E-state index in [0.29, 0.717) is 13.0 Å². The molecule has 0 atom stereocenters. The van der Waals surface area contributed by atoms with E-state index in [1.165, 1.54) is 0 Å². The molecule has 0 fully saturated rings. The molecule has 2 heteroatoms. The Kier molecular flexibility index (Phi) is 4.00. The van der Waals surface area contributed by atoms with E-state index in [0.717, 1.165) is 12.0 Å². The Bertz CT molecular complexity index is 365. The summed E-state index contributed by atoms with van der Waals surface area (Å²) in [5, 5.41) is 0. The van der Waals surface area contributed by atoms with Crippen molar-refractivity contribution in [2.45, 2.75) is 33.2 Å². The summed E-state index contributed by atoms with van der Waals surface area (Å²) in [6.07, 6.45) is 5.29. The highest BCUT2D eigenvalue weighted by Crippen LogP contribution is 2.06. The standard InChI is InChI=1S/C12H15NO/c1-3-5-8-13-9-7-11(10-13)12(14)6-4-2/h7,9-10H,4,6,8H2,1-2H3. The normalized spacial score (nSPS) is 9.29. The first-order valence-electron chi connectivity index (χ1n) is 4.86. The van der Waals surface area contributed by atoms with E-state index < -0.39 is 0 Å². The summed E-state index contributed by atoms with van der Waals surface area (Å²) < 4.78 is 1.93. The predicted molar refractivity (Wildman–Crippen MR) is 57.1 cm³/mol. The molecule has 0 saturated carbocycles. The van der Waals surface area contributed by atoms with Crippen LogP contribution in [0, 0.1) is 11.8 Å². The summed E-state index contributed by atoms with van der Waals surface area (Å²) in [5.41, 5.74) is 0.796. The zero-order valence-electron chi connectivity index (χ0n) is 8.71. The van der Waals surface area contributed by atoms with E-state index in [1.807, 2.05) is 36.9 Å². The van der Waals surface area contributed by atoms with E-state index >= 15 is 0 Å². The number of rotatable bonds is 4. The highest BCUT2D eigenvalue weighted by atomic mass is 16.1. The maximum atomic E-state index is 11.5. The lowest BCUT2D eigenvalue weighted by atomic mass is 10.1. The van der Waals surface area contributed by atoms with Gasteiger partial charge in [-0.25, -0.2) is 0 Å². The summed E-state index contributed by atoms with van der Waals surface area (Å²) in [7, 11) is 0. The fraction of sp³-hybridized carbons (Fsp3) is 0.417. The average molecular weight is 189 g/mol. The summed E-state index contributed by atoms with van der Waals surface area (Å²) in [6.45, 7) is 4.49. The van der Waals surface area contributed by atoms with Gasteiger partial charge in [-0.3, -0.25) is 4.79 Å². The number of hydrogen-bond donors (Lipinski definition) is 0. The third-order valence-electron chi connectivity index (χ3n) is 1.99. The van der Waals surface area contributed by atoms with Crippen LogP contribution in [0.3, 0.4) is 0 Å². The van der Waals surface area contributed by atoms with Gasteiger partial charge in [-0.15, -0.1) is 5.92 Å². The molecule has 0 bridgehead atoms. The molecule has 1 heterocycles. The Morgan fingerprint density at radius 1 is 1.57 bits per heavy atom. The van der Waals surface area contributed by atoms with Gasteiger partial charge < -0.3 is 4.57 Å². The van der Waals surface area contributed by atoms with Gasteiger partial charge >= 0.3 is 0 Å². The van der Waals surface area contributed by atoms with Crippen molar-refractivity contribution in [2.75, 3.05) is 0 Å². The Balaban J connectivity index is 2.66. The molecule has 0 aliphatic carbocycles. The number of carbonyl (C=O) groups is 1. The molecular weight excluding hydrogens is 174 g/mol. The van der Waals surface area contributed by atoms with Gasteiger partial charge in [-0.05, 0) is 19.4 Å². The number of carbonyl (C=O) groups excluding carboxylic acids is 1. The van der Waals surface area contributed by atoms with Crippen LogP contribution >= 0.6 is 0 Å². The van der Waals surface area contributed by atoms with Gasteiger partial charge in [-0.1, -0.05) is 12.8 Å². The Morgan fingerprint density at radius 3 is 3.00 bits per heavy atom. The SMILES string of the molecule is CC#CCn1ccc(C(=O)CCC)c1. The lowest BCUT2D eigenvalue weighted by molar-refractivity contribution is 0.0981. The number of Topliss-reactive ketones (excluding diaryl/α,β-unsaturated/α-hetero) is 1. The van der Waals surface area contributed by atoms with Crippen LogP contribution in [0.1, 0.15) is 37.0 Å². The molecule has 0 amide bonds. The lowest BCUT2D eigenvalue weighted by Crippen LogP contribution is -1.97. The largest absolute Gasteiger partial charge is 0.342 e. The molecule has 0 aliphatic rings. The zero-order valence-corrected chi connectivity index (χ0v) is 8.71.